The predicted octanol–water partition coefficient (Wildman–Crippen LogP) is 2.73. The molecule has 0 spiro atoms. The molecule has 136 valence electrons. The van der Waals surface area contributed by atoms with Crippen LogP contribution in [0.15, 0.2) is 53.1 Å². The van der Waals surface area contributed by atoms with Gasteiger partial charge in [-0.25, -0.2) is 9.98 Å². The third-order valence-corrected chi connectivity index (χ3v) is 5.31. The highest BCUT2D eigenvalue weighted by atomic mass is 32.1. The molecule has 26 heavy (non-hydrogen) atoms. The van der Waals surface area contributed by atoms with E-state index in [1.165, 1.54) is 5.69 Å². The first-order chi connectivity index (χ1) is 12.8. The lowest BCUT2D eigenvalue weighted by Crippen LogP contribution is -2.44. The Bertz CT molecular complexity index is 840. The van der Waals surface area contributed by atoms with Crippen molar-refractivity contribution >= 4 is 27.9 Å². The number of hydrogen-bond donors (Lipinski definition) is 2. The van der Waals surface area contributed by atoms with E-state index in [1.807, 2.05) is 22.2 Å². The lowest BCUT2D eigenvalue weighted by Gasteiger charge is -2.20. The number of nitrogens with zero attached hydrogens (tertiary/aromatic N) is 4. The van der Waals surface area contributed by atoms with Crippen molar-refractivity contribution < 1.29 is 0 Å². The summed E-state index contributed by atoms with van der Waals surface area (Å²) in [5.74, 6) is 0.865. The maximum Gasteiger partial charge on any atom is 0.193 e. The number of thiazole rings is 1. The van der Waals surface area contributed by atoms with Crippen LogP contribution in [0, 0.1) is 0 Å². The van der Waals surface area contributed by atoms with Crippen molar-refractivity contribution in [2.24, 2.45) is 4.99 Å². The van der Waals surface area contributed by atoms with Crippen LogP contribution in [-0.4, -0.2) is 41.0 Å². The Kier molecular flexibility index (Phi) is 5.06. The highest BCUT2D eigenvalue weighted by Gasteiger charge is 2.23. The zero-order valence-corrected chi connectivity index (χ0v) is 15.7. The quantitative estimate of drug-likeness (QED) is 0.537. The first kappa shape index (κ1) is 16.9. The van der Waals surface area contributed by atoms with Crippen molar-refractivity contribution in [3.05, 3.63) is 53.8 Å². The number of anilines is 1. The third kappa shape index (κ3) is 3.83. The summed E-state index contributed by atoms with van der Waals surface area (Å²) in [6.45, 7) is 5.58. The fourth-order valence-electron chi connectivity index (χ4n) is 3.28. The standard InChI is InChI=1S/C19H24N6S/c1-2-20-18(21-12-16-14-25-10-11-26-19(25)23-16)22-15-8-9-24(13-15)17-6-4-3-5-7-17/h3-7,10-11,14-15H,2,8-9,12-13H2,1H3,(H2,20,21,22). The number of benzene rings is 1. The van der Waals surface area contributed by atoms with Crippen LogP contribution in [0.25, 0.3) is 4.96 Å². The number of aliphatic imine (C=N–C) groups is 1. The second-order valence-electron chi connectivity index (χ2n) is 6.43. The first-order valence-corrected chi connectivity index (χ1v) is 9.95. The summed E-state index contributed by atoms with van der Waals surface area (Å²) in [6, 6.07) is 11.0. The van der Waals surface area contributed by atoms with Crippen molar-refractivity contribution in [3.63, 3.8) is 0 Å². The molecule has 1 aromatic carbocycles. The largest absolute Gasteiger partial charge is 0.369 e. The number of fused-ring (bicyclic) bond motifs is 1. The summed E-state index contributed by atoms with van der Waals surface area (Å²) in [6.07, 6.45) is 5.19. The highest BCUT2D eigenvalue weighted by molar-refractivity contribution is 7.15. The molecule has 7 heteroatoms. The van der Waals surface area contributed by atoms with Gasteiger partial charge in [0.25, 0.3) is 0 Å². The summed E-state index contributed by atoms with van der Waals surface area (Å²) in [7, 11) is 0. The van der Waals surface area contributed by atoms with Gasteiger partial charge in [0.1, 0.15) is 0 Å². The Morgan fingerprint density at radius 3 is 3.04 bits per heavy atom. The number of guanidine groups is 1. The minimum absolute atomic E-state index is 0.401. The fourth-order valence-corrected chi connectivity index (χ4v) is 4.00. The van der Waals surface area contributed by atoms with Gasteiger partial charge < -0.3 is 15.5 Å². The number of nitrogens with one attached hydrogen (secondary N) is 2. The molecule has 1 atom stereocenters. The smallest absolute Gasteiger partial charge is 0.193 e. The van der Waals surface area contributed by atoms with Gasteiger partial charge in [0.05, 0.1) is 12.2 Å². The molecule has 0 bridgehead atoms. The molecular weight excluding hydrogens is 344 g/mol. The number of aromatic nitrogens is 2. The Labute approximate surface area is 157 Å². The molecule has 3 aromatic rings. The fraction of sp³-hybridized carbons (Fsp3) is 0.368. The van der Waals surface area contributed by atoms with E-state index < -0.39 is 0 Å². The second kappa shape index (κ2) is 7.78. The van der Waals surface area contributed by atoms with E-state index in [9.17, 15) is 0 Å². The normalized spacial score (nSPS) is 17.8. The molecular formula is C19H24N6S. The summed E-state index contributed by atoms with van der Waals surface area (Å²) in [4.78, 5) is 12.8. The van der Waals surface area contributed by atoms with Gasteiger partial charge in [-0.2, -0.15) is 0 Å². The van der Waals surface area contributed by atoms with Gasteiger partial charge in [-0.3, -0.25) is 4.40 Å². The van der Waals surface area contributed by atoms with Crippen molar-refractivity contribution in [3.8, 4) is 0 Å². The van der Waals surface area contributed by atoms with E-state index in [2.05, 4.69) is 57.8 Å². The van der Waals surface area contributed by atoms with Gasteiger partial charge in [0, 0.05) is 49.1 Å². The van der Waals surface area contributed by atoms with Crippen molar-refractivity contribution in [2.75, 3.05) is 24.5 Å². The van der Waals surface area contributed by atoms with Crippen LogP contribution in [0.3, 0.4) is 0 Å². The van der Waals surface area contributed by atoms with E-state index in [0.29, 0.717) is 12.6 Å². The molecule has 0 aliphatic carbocycles. The Morgan fingerprint density at radius 1 is 1.35 bits per heavy atom. The van der Waals surface area contributed by atoms with Gasteiger partial charge >= 0.3 is 0 Å². The summed E-state index contributed by atoms with van der Waals surface area (Å²) >= 11 is 1.64. The minimum atomic E-state index is 0.401. The molecule has 1 fully saturated rings. The zero-order valence-electron chi connectivity index (χ0n) is 14.9. The molecule has 1 unspecified atom stereocenters. The van der Waals surface area contributed by atoms with Crippen LogP contribution in [0.5, 0.6) is 0 Å². The molecule has 6 nitrogen and oxygen atoms in total. The van der Waals surface area contributed by atoms with Crippen molar-refractivity contribution in [1.82, 2.24) is 20.0 Å². The van der Waals surface area contributed by atoms with E-state index in [4.69, 9.17) is 4.99 Å². The van der Waals surface area contributed by atoms with Crippen LogP contribution in [0.4, 0.5) is 5.69 Å². The van der Waals surface area contributed by atoms with E-state index in [-0.39, 0.29) is 0 Å². The number of rotatable bonds is 5. The van der Waals surface area contributed by atoms with Crippen LogP contribution in [0.1, 0.15) is 19.0 Å². The Hall–Kier alpha value is -2.54. The number of para-hydroxylation sites is 1. The van der Waals surface area contributed by atoms with Crippen molar-refractivity contribution in [1.29, 1.82) is 0 Å². The lowest BCUT2D eigenvalue weighted by atomic mass is 10.3. The molecule has 4 rings (SSSR count). The molecule has 1 saturated heterocycles. The van der Waals surface area contributed by atoms with E-state index >= 15 is 0 Å². The molecule has 0 amide bonds. The summed E-state index contributed by atoms with van der Waals surface area (Å²) in [5.41, 5.74) is 2.28. The lowest BCUT2D eigenvalue weighted by molar-refractivity contribution is 0.649. The average Bonchev–Trinajstić information content (AvgIpc) is 3.37. The summed E-state index contributed by atoms with van der Waals surface area (Å²) < 4.78 is 2.05. The molecule has 1 aliphatic heterocycles. The molecule has 0 radical (unpaired) electrons. The monoisotopic (exact) mass is 368 g/mol. The van der Waals surface area contributed by atoms with Crippen LogP contribution < -0.4 is 15.5 Å². The Morgan fingerprint density at radius 2 is 2.23 bits per heavy atom. The predicted molar refractivity (Wildman–Crippen MR) is 108 cm³/mol. The van der Waals surface area contributed by atoms with Crippen molar-refractivity contribution in [2.45, 2.75) is 25.9 Å². The second-order valence-corrected chi connectivity index (χ2v) is 7.30. The number of hydrogen-bond acceptors (Lipinski definition) is 4. The highest BCUT2D eigenvalue weighted by Crippen LogP contribution is 2.19. The Balaban J connectivity index is 1.38. The first-order valence-electron chi connectivity index (χ1n) is 9.08. The molecule has 0 saturated carbocycles. The maximum atomic E-state index is 4.72. The summed E-state index contributed by atoms with van der Waals surface area (Å²) in [5, 5.41) is 8.97. The number of imidazole rings is 1. The topological polar surface area (TPSA) is 57.0 Å². The van der Waals surface area contributed by atoms with Crippen LogP contribution >= 0.6 is 11.3 Å². The van der Waals surface area contributed by atoms with Gasteiger partial charge in [-0.15, -0.1) is 11.3 Å². The van der Waals surface area contributed by atoms with E-state index in [1.54, 1.807) is 11.3 Å². The maximum absolute atomic E-state index is 4.72. The zero-order chi connectivity index (χ0) is 17.8. The minimum Gasteiger partial charge on any atom is -0.369 e. The van der Waals surface area contributed by atoms with Gasteiger partial charge in [0.15, 0.2) is 10.9 Å². The average molecular weight is 369 g/mol. The molecule has 3 heterocycles. The van der Waals surface area contributed by atoms with Gasteiger partial charge in [0.2, 0.25) is 0 Å². The van der Waals surface area contributed by atoms with Gasteiger partial charge in [-0.05, 0) is 25.5 Å². The third-order valence-electron chi connectivity index (χ3n) is 4.54. The van der Waals surface area contributed by atoms with Crippen LogP contribution in [-0.2, 0) is 6.54 Å². The molecule has 2 aromatic heterocycles. The van der Waals surface area contributed by atoms with Gasteiger partial charge in [-0.1, -0.05) is 18.2 Å². The SMILES string of the molecule is CCNC(=NCc1cn2ccsc2n1)NC1CCN(c2ccccc2)C1. The van der Waals surface area contributed by atoms with Crippen LogP contribution in [0.2, 0.25) is 0 Å². The molecule has 2 N–H and O–H groups in total. The van der Waals surface area contributed by atoms with E-state index in [0.717, 1.165) is 42.7 Å². The molecule has 1 aliphatic rings.